The third-order valence-electron chi connectivity index (χ3n) is 4.62. The van der Waals surface area contributed by atoms with Crippen LogP contribution in [0.3, 0.4) is 0 Å². The summed E-state index contributed by atoms with van der Waals surface area (Å²) in [5.74, 6) is 0.874. The summed E-state index contributed by atoms with van der Waals surface area (Å²) in [5.41, 5.74) is 5.85. The molecule has 0 saturated carbocycles. The number of nitrogens with zero attached hydrogens (tertiary/aromatic N) is 2. The monoisotopic (exact) mass is 299 g/mol. The lowest BCUT2D eigenvalue weighted by molar-refractivity contribution is 0.101. The number of piperazine rings is 1. The Morgan fingerprint density at radius 2 is 1.75 bits per heavy atom. The van der Waals surface area contributed by atoms with Crippen LogP contribution in [0.4, 0.5) is 0 Å². The first kappa shape index (κ1) is 17.9. The molecule has 4 heteroatoms. The van der Waals surface area contributed by atoms with E-state index in [1.54, 1.807) is 0 Å². The van der Waals surface area contributed by atoms with Gasteiger partial charge in [-0.1, -0.05) is 52.3 Å². The van der Waals surface area contributed by atoms with Gasteiger partial charge in [-0.25, -0.2) is 0 Å². The molecule has 0 spiro atoms. The van der Waals surface area contributed by atoms with Crippen LogP contribution >= 0.6 is 12.2 Å². The van der Waals surface area contributed by atoms with Crippen molar-refractivity contribution in [2.45, 2.75) is 58.9 Å². The predicted molar refractivity (Wildman–Crippen MR) is 92.2 cm³/mol. The van der Waals surface area contributed by atoms with Crippen LogP contribution in [0.15, 0.2) is 0 Å². The van der Waals surface area contributed by atoms with Gasteiger partial charge in [0, 0.05) is 32.7 Å². The summed E-state index contributed by atoms with van der Waals surface area (Å²) in [5, 5.41) is 0. The molecule has 1 rings (SSSR count). The predicted octanol–water partition coefficient (Wildman–Crippen LogP) is 2.89. The van der Waals surface area contributed by atoms with E-state index in [2.05, 4.69) is 30.6 Å². The van der Waals surface area contributed by atoms with Crippen molar-refractivity contribution in [3.8, 4) is 0 Å². The maximum Gasteiger partial charge on any atom is 0.0901 e. The van der Waals surface area contributed by atoms with E-state index in [1.165, 1.54) is 45.3 Å². The highest BCUT2D eigenvalue weighted by molar-refractivity contribution is 7.80. The molecule has 2 unspecified atom stereocenters. The van der Waals surface area contributed by atoms with Gasteiger partial charge >= 0.3 is 0 Å². The molecule has 0 aromatic heterocycles. The summed E-state index contributed by atoms with van der Waals surface area (Å²) in [6.07, 6.45) is 6.42. The van der Waals surface area contributed by atoms with Crippen LogP contribution in [0.1, 0.15) is 52.9 Å². The highest BCUT2D eigenvalue weighted by Crippen LogP contribution is 2.16. The summed E-state index contributed by atoms with van der Waals surface area (Å²) >= 11 is 5.19. The Hall–Kier alpha value is -0.190. The number of hydrogen-bond acceptors (Lipinski definition) is 3. The SMILES string of the molecule is CCCCC(CC)CN1CCN(C(CC)C(N)=S)CC1. The molecule has 2 N–H and O–H groups in total. The molecule has 0 amide bonds. The van der Waals surface area contributed by atoms with Crippen molar-refractivity contribution in [3.63, 3.8) is 0 Å². The Bertz CT molecular complexity index is 275. The third kappa shape index (κ3) is 5.66. The molecule has 0 aromatic rings. The van der Waals surface area contributed by atoms with Gasteiger partial charge in [0.05, 0.1) is 11.0 Å². The normalized spacial score (nSPS) is 20.8. The van der Waals surface area contributed by atoms with E-state index in [0.29, 0.717) is 11.0 Å². The molecule has 118 valence electrons. The Morgan fingerprint density at radius 3 is 2.20 bits per heavy atom. The first-order valence-corrected chi connectivity index (χ1v) is 8.78. The lowest BCUT2D eigenvalue weighted by atomic mass is 9.98. The standard InChI is InChI=1S/C16H33N3S/c1-4-7-8-14(5-2)13-18-9-11-19(12-10-18)15(6-3)16(17)20/h14-15H,4-13H2,1-3H3,(H2,17,20). The van der Waals surface area contributed by atoms with Gasteiger partial charge in [-0.2, -0.15) is 0 Å². The number of unbranched alkanes of at least 4 members (excludes halogenated alkanes) is 1. The molecular weight excluding hydrogens is 266 g/mol. The van der Waals surface area contributed by atoms with E-state index in [9.17, 15) is 0 Å². The third-order valence-corrected chi connectivity index (χ3v) is 4.89. The second kappa shape index (κ2) is 9.69. The first-order chi connectivity index (χ1) is 9.62. The molecule has 1 heterocycles. The number of hydrogen-bond donors (Lipinski definition) is 1. The zero-order valence-corrected chi connectivity index (χ0v) is 14.4. The van der Waals surface area contributed by atoms with Crippen molar-refractivity contribution < 1.29 is 0 Å². The summed E-state index contributed by atoms with van der Waals surface area (Å²) in [4.78, 5) is 5.76. The van der Waals surface area contributed by atoms with Gasteiger partial charge in [-0.05, 0) is 18.8 Å². The summed E-state index contributed by atoms with van der Waals surface area (Å²) < 4.78 is 0. The minimum absolute atomic E-state index is 0.300. The minimum Gasteiger partial charge on any atom is -0.392 e. The lowest BCUT2D eigenvalue weighted by Gasteiger charge is -2.39. The van der Waals surface area contributed by atoms with Gasteiger partial charge in [0.2, 0.25) is 0 Å². The van der Waals surface area contributed by atoms with E-state index >= 15 is 0 Å². The molecule has 1 fully saturated rings. The summed E-state index contributed by atoms with van der Waals surface area (Å²) in [6.45, 7) is 12.6. The Kier molecular flexibility index (Phi) is 8.66. The number of rotatable bonds is 9. The van der Waals surface area contributed by atoms with Gasteiger partial charge in [0.25, 0.3) is 0 Å². The quantitative estimate of drug-likeness (QED) is 0.664. The van der Waals surface area contributed by atoms with Gasteiger partial charge in [-0.3, -0.25) is 4.90 Å². The van der Waals surface area contributed by atoms with Crippen molar-refractivity contribution in [1.29, 1.82) is 0 Å². The molecule has 3 nitrogen and oxygen atoms in total. The Labute approximate surface area is 130 Å². The van der Waals surface area contributed by atoms with Crippen LogP contribution in [-0.2, 0) is 0 Å². The van der Waals surface area contributed by atoms with Crippen LogP contribution in [-0.4, -0.2) is 53.6 Å². The maximum absolute atomic E-state index is 5.85. The molecule has 0 aliphatic carbocycles. The fourth-order valence-electron chi connectivity index (χ4n) is 3.18. The minimum atomic E-state index is 0.300. The molecule has 0 bridgehead atoms. The topological polar surface area (TPSA) is 32.5 Å². The molecule has 1 saturated heterocycles. The van der Waals surface area contributed by atoms with Crippen LogP contribution in [0.2, 0.25) is 0 Å². The second-order valence-electron chi connectivity index (χ2n) is 6.08. The summed E-state index contributed by atoms with van der Waals surface area (Å²) in [6, 6.07) is 0.300. The van der Waals surface area contributed by atoms with Crippen molar-refractivity contribution in [2.75, 3.05) is 32.7 Å². The smallest absolute Gasteiger partial charge is 0.0901 e. The maximum atomic E-state index is 5.85. The molecule has 0 radical (unpaired) electrons. The number of nitrogens with two attached hydrogens (primary N) is 1. The fraction of sp³-hybridized carbons (Fsp3) is 0.938. The van der Waals surface area contributed by atoms with Gasteiger partial charge in [0.15, 0.2) is 0 Å². The Balaban J connectivity index is 2.35. The molecular formula is C16H33N3S. The average Bonchev–Trinajstić information content (AvgIpc) is 2.45. The van der Waals surface area contributed by atoms with Crippen LogP contribution < -0.4 is 5.73 Å². The Morgan fingerprint density at radius 1 is 1.10 bits per heavy atom. The average molecular weight is 300 g/mol. The van der Waals surface area contributed by atoms with Crippen molar-refractivity contribution >= 4 is 17.2 Å². The highest BCUT2D eigenvalue weighted by atomic mass is 32.1. The van der Waals surface area contributed by atoms with Gasteiger partial charge in [0.1, 0.15) is 0 Å². The van der Waals surface area contributed by atoms with E-state index in [1.807, 2.05) is 0 Å². The van der Waals surface area contributed by atoms with Gasteiger partial charge < -0.3 is 10.6 Å². The zero-order valence-electron chi connectivity index (χ0n) is 13.6. The van der Waals surface area contributed by atoms with Crippen molar-refractivity contribution in [3.05, 3.63) is 0 Å². The lowest BCUT2D eigenvalue weighted by Crippen LogP contribution is -2.54. The molecule has 1 aliphatic rings. The first-order valence-electron chi connectivity index (χ1n) is 8.38. The largest absolute Gasteiger partial charge is 0.392 e. The van der Waals surface area contributed by atoms with Crippen molar-refractivity contribution in [1.82, 2.24) is 9.80 Å². The van der Waals surface area contributed by atoms with Gasteiger partial charge in [-0.15, -0.1) is 0 Å². The zero-order chi connectivity index (χ0) is 15.0. The number of thiocarbonyl (C=S) groups is 1. The van der Waals surface area contributed by atoms with E-state index in [4.69, 9.17) is 18.0 Å². The second-order valence-corrected chi connectivity index (χ2v) is 6.55. The molecule has 2 atom stereocenters. The highest BCUT2D eigenvalue weighted by Gasteiger charge is 2.25. The van der Waals surface area contributed by atoms with Crippen LogP contribution in [0.5, 0.6) is 0 Å². The van der Waals surface area contributed by atoms with Crippen LogP contribution in [0, 0.1) is 5.92 Å². The van der Waals surface area contributed by atoms with Crippen LogP contribution in [0.25, 0.3) is 0 Å². The molecule has 1 aliphatic heterocycles. The van der Waals surface area contributed by atoms with Crippen molar-refractivity contribution in [2.24, 2.45) is 11.7 Å². The van der Waals surface area contributed by atoms with E-state index in [-0.39, 0.29) is 0 Å². The van der Waals surface area contributed by atoms with E-state index < -0.39 is 0 Å². The molecule has 20 heavy (non-hydrogen) atoms. The van der Waals surface area contributed by atoms with E-state index in [0.717, 1.165) is 25.4 Å². The molecule has 0 aromatic carbocycles. The fourth-order valence-corrected chi connectivity index (χ4v) is 3.50. The summed E-state index contributed by atoms with van der Waals surface area (Å²) in [7, 11) is 0.